The molecule has 0 radical (unpaired) electrons. The fourth-order valence-corrected chi connectivity index (χ4v) is 2.21. The lowest BCUT2D eigenvalue weighted by molar-refractivity contribution is 0.425. The summed E-state index contributed by atoms with van der Waals surface area (Å²) in [4.78, 5) is 0. The first-order chi connectivity index (χ1) is 7.63. The van der Waals surface area contributed by atoms with E-state index < -0.39 is 15.4 Å². The molecule has 5 heteroatoms. The van der Waals surface area contributed by atoms with E-state index in [4.69, 9.17) is 14.5 Å². The molecule has 1 rings (SSSR count). The topological polar surface area (TPSA) is 49.7 Å². The van der Waals surface area contributed by atoms with Crippen LogP contribution in [0.15, 0.2) is 24.3 Å². The Morgan fingerprint density at radius 2 is 1.76 bits per heavy atom. The molecule has 94 valence electrons. The highest BCUT2D eigenvalue weighted by Crippen LogP contribution is 2.37. The van der Waals surface area contributed by atoms with Crippen LogP contribution in [0.1, 0.15) is 20.8 Å². The molecular weight excluding hydrogens is 231 g/mol. The lowest BCUT2D eigenvalue weighted by Crippen LogP contribution is -2.44. The van der Waals surface area contributed by atoms with Crippen molar-refractivity contribution in [1.82, 2.24) is 0 Å². The smallest absolute Gasteiger partial charge is 0.488 e. The van der Waals surface area contributed by atoms with Crippen LogP contribution in [-0.2, 0) is 0 Å². The monoisotopic (exact) mass is 252 g/mol. The average molecular weight is 252 g/mol. The van der Waals surface area contributed by atoms with Crippen molar-refractivity contribution in [3.05, 3.63) is 24.3 Å². The van der Waals surface area contributed by atoms with Crippen molar-refractivity contribution in [2.24, 2.45) is 0 Å². The summed E-state index contributed by atoms with van der Waals surface area (Å²) in [6, 6.07) is 6.98. The largest absolute Gasteiger partial charge is 0.544 e. The zero-order valence-electron chi connectivity index (χ0n) is 11.2. The van der Waals surface area contributed by atoms with E-state index in [1.807, 2.05) is 6.07 Å². The molecule has 0 spiro atoms. The molecule has 0 heterocycles. The lowest BCUT2D eigenvalue weighted by atomic mass is 9.80. The van der Waals surface area contributed by atoms with Gasteiger partial charge in [0.05, 0.1) is 0 Å². The first-order valence-electron chi connectivity index (χ1n) is 5.78. The van der Waals surface area contributed by atoms with Crippen molar-refractivity contribution >= 4 is 20.9 Å². The molecule has 17 heavy (non-hydrogen) atoms. The number of benzene rings is 1. The Bertz CT molecular complexity index is 386. The van der Waals surface area contributed by atoms with Crippen LogP contribution >= 0.6 is 0 Å². The third-order valence-electron chi connectivity index (χ3n) is 3.34. The Morgan fingerprint density at radius 3 is 2.24 bits per heavy atom. The molecule has 0 saturated heterocycles. The van der Waals surface area contributed by atoms with Crippen molar-refractivity contribution in [2.45, 2.75) is 38.9 Å². The first kappa shape index (κ1) is 14.3. The van der Waals surface area contributed by atoms with Crippen molar-refractivity contribution in [3.63, 3.8) is 0 Å². The summed E-state index contributed by atoms with van der Waals surface area (Å²) in [6.45, 7) is 10.8. The standard InChI is InChI=1S/C12H21BO3Si/c1-12(2,3)17(4,5)16-11-8-6-7-10(9-11)13(14)15/h6-9,14-15H,1-5H3. The number of rotatable bonds is 3. The van der Waals surface area contributed by atoms with Crippen LogP contribution in [0.25, 0.3) is 0 Å². The van der Waals surface area contributed by atoms with Gasteiger partial charge in [-0.25, -0.2) is 0 Å². The van der Waals surface area contributed by atoms with Crippen molar-refractivity contribution < 1.29 is 14.5 Å². The van der Waals surface area contributed by atoms with Crippen molar-refractivity contribution in [1.29, 1.82) is 0 Å². The molecule has 1 aromatic rings. The first-order valence-corrected chi connectivity index (χ1v) is 8.69. The Hall–Kier alpha value is -0.778. The van der Waals surface area contributed by atoms with Crippen LogP contribution in [0.4, 0.5) is 0 Å². The van der Waals surface area contributed by atoms with E-state index in [9.17, 15) is 0 Å². The second kappa shape index (κ2) is 4.84. The molecule has 0 aliphatic rings. The van der Waals surface area contributed by atoms with Crippen LogP contribution in [0, 0.1) is 0 Å². The Balaban J connectivity index is 2.92. The van der Waals surface area contributed by atoms with Gasteiger partial charge in [-0.2, -0.15) is 0 Å². The van der Waals surface area contributed by atoms with Gasteiger partial charge in [0.15, 0.2) is 0 Å². The second-order valence-electron chi connectivity index (χ2n) is 5.81. The molecule has 0 saturated carbocycles. The predicted molar refractivity (Wildman–Crippen MR) is 74.1 cm³/mol. The van der Waals surface area contributed by atoms with Gasteiger partial charge in [-0.1, -0.05) is 32.9 Å². The van der Waals surface area contributed by atoms with E-state index >= 15 is 0 Å². The molecule has 1 aromatic carbocycles. The fourth-order valence-electron chi connectivity index (χ4n) is 1.19. The Morgan fingerprint density at radius 1 is 1.18 bits per heavy atom. The minimum Gasteiger partial charge on any atom is -0.544 e. The molecule has 0 aliphatic heterocycles. The highest BCUT2D eigenvalue weighted by Gasteiger charge is 2.39. The normalized spacial score (nSPS) is 12.4. The molecule has 0 atom stereocenters. The van der Waals surface area contributed by atoms with Crippen LogP contribution in [-0.4, -0.2) is 25.5 Å². The molecule has 0 amide bonds. The molecule has 3 nitrogen and oxygen atoms in total. The van der Waals surface area contributed by atoms with E-state index in [2.05, 4.69) is 33.9 Å². The van der Waals surface area contributed by atoms with E-state index in [0.29, 0.717) is 11.2 Å². The van der Waals surface area contributed by atoms with Gasteiger partial charge < -0.3 is 14.5 Å². The van der Waals surface area contributed by atoms with E-state index in [1.54, 1.807) is 18.2 Å². The maximum Gasteiger partial charge on any atom is 0.488 e. The van der Waals surface area contributed by atoms with Gasteiger partial charge in [-0.05, 0) is 35.7 Å². The number of hydrogen-bond acceptors (Lipinski definition) is 3. The summed E-state index contributed by atoms with van der Waals surface area (Å²) in [5, 5.41) is 18.4. The summed E-state index contributed by atoms with van der Waals surface area (Å²) >= 11 is 0. The zero-order chi connectivity index (χ0) is 13.3. The predicted octanol–water partition coefficient (Wildman–Crippen LogP) is 1.75. The van der Waals surface area contributed by atoms with Crippen LogP contribution in [0.3, 0.4) is 0 Å². The number of hydrogen-bond donors (Lipinski definition) is 2. The van der Waals surface area contributed by atoms with E-state index in [-0.39, 0.29) is 5.04 Å². The van der Waals surface area contributed by atoms with Crippen molar-refractivity contribution in [2.75, 3.05) is 0 Å². The van der Waals surface area contributed by atoms with Gasteiger partial charge in [0.1, 0.15) is 5.75 Å². The molecule has 0 aliphatic carbocycles. The summed E-state index contributed by atoms with van der Waals surface area (Å²) in [5.74, 6) is 0.710. The summed E-state index contributed by atoms with van der Waals surface area (Å²) in [6.07, 6.45) is 0. The van der Waals surface area contributed by atoms with Crippen molar-refractivity contribution in [3.8, 4) is 5.75 Å². The minimum atomic E-state index is -1.87. The molecule has 2 N–H and O–H groups in total. The van der Waals surface area contributed by atoms with E-state index in [0.717, 1.165) is 0 Å². The highest BCUT2D eigenvalue weighted by atomic mass is 28.4. The molecule has 0 aromatic heterocycles. The van der Waals surface area contributed by atoms with Crippen LogP contribution < -0.4 is 9.89 Å². The molecular formula is C12H21BO3Si. The molecule has 0 fully saturated rings. The second-order valence-corrected chi connectivity index (χ2v) is 10.5. The van der Waals surface area contributed by atoms with Gasteiger partial charge in [-0.15, -0.1) is 0 Å². The van der Waals surface area contributed by atoms with E-state index in [1.165, 1.54) is 0 Å². The van der Waals surface area contributed by atoms with Crippen LogP contribution in [0.5, 0.6) is 5.75 Å². The maximum absolute atomic E-state index is 9.12. The lowest BCUT2D eigenvalue weighted by Gasteiger charge is -2.36. The minimum absolute atomic E-state index is 0.126. The van der Waals surface area contributed by atoms with Crippen LogP contribution in [0.2, 0.25) is 18.1 Å². The molecule has 0 bridgehead atoms. The average Bonchev–Trinajstić information content (AvgIpc) is 2.15. The highest BCUT2D eigenvalue weighted by molar-refractivity contribution is 6.74. The summed E-state index contributed by atoms with van der Waals surface area (Å²) in [5.41, 5.74) is 0.459. The molecule has 0 unspecified atom stereocenters. The third kappa shape index (κ3) is 3.59. The van der Waals surface area contributed by atoms with Gasteiger partial charge >= 0.3 is 7.12 Å². The summed E-state index contributed by atoms with van der Waals surface area (Å²) < 4.78 is 6.07. The zero-order valence-corrected chi connectivity index (χ0v) is 12.2. The maximum atomic E-state index is 9.12. The Kier molecular flexibility index (Phi) is 4.07. The third-order valence-corrected chi connectivity index (χ3v) is 7.69. The fraction of sp³-hybridized carbons (Fsp3) is 0.500. The van der Waals surface area contributed by atoms with Gasteiger partial charge in [0.25, 0.3) is 0 Å². The quantitative estimate of drug-likeness (QED) is 0.806. The Labute approximate surface area is 105 Å². The SMILES string of the molecule is CC(C)(C)[Si](C)(C)Oc1cccc(B(O)O)c1. The van der Waals surface area contributed by atoms with Gasteiger partial charge in [0, 0.05) is 0 Å². The summed E-state index contributed by atoms with van der Waals surface area (Å²) in [7, 11) is -3.31. The van der Waals surface area contributed by atoms with Gasteiger partial charge in [-0.3, -0.25) is 0 Å². The van der Waals surface area contributed by atoms with Gasteiger partial charge in [0.2, 0.25) is 8.32 Å².